The Bertz CT molecular complexity index is 977. The Labute approximate surface area is 152 Å². The summed E-state index contributed by atoms with van der Waals surface area (Å²) >= 11 is 0. The number of aryl methyl sites for hydroxylation is 2. The molecule has 0 saturated heterocycles. The second kappa shape index (κ2) is 6.88. The third-order valence-electron chi connectivity index (χ3n) is 4.80. The molecule has 3 N–H and O–H groups in total. The van der Waals surface area contributed by atoms with Crippen LogP contribution in [-0.4, -0.2) is 21.5 Å². The van der Waals surface area contributed by atoms with Gasteiger partial charge in [-0.15, -0.1) is 0 Å². The van der Waals surface area contributed by atoms with Crippen molar-refractivity contribution in [2.75, 3.05) is 5.32 Å². The molecule has 136 valence electrons. The smallest absolute Gasteiger partial charge is 0.228 e. The van der Waals surface area contributed by atoms with E-state index in [0.29, 0.717) is 11.3 Å². The molecule has 1 amide bonds. The summed E-state index contributed by atoms with van der Waals surface area (Å²) in [4.78, 5) is 16.9. The second-order valence-electron chi connectivity index (χ2n) is 6.79. The Balaban J connectivity index is 2.00. The Morgan fingerprint density at radius 2 is 1.96 bits per heavy atom. The number of halogens is 1. The van der Waals surface area contributed by atoms with Gasteiger partial charge in [0, 0.05) is 30.4 Å². The lowest BCUT2D eigenvalue weighted by Crippen LogP contribution is -2.34. The van der Waals surface area contributed by atoms with E-state index in [1.807, 2.05) is 43.7 Å². The molecule has 26 heavy (non-hydrogen) atoms. The molecule has 0 aliphatic carbocycles. The lowest BCUT2D eigenvalue weighted by molar-refractivity contribution is -0.119. The lowest BCUT2D eigenvalue weighted by atomic mass is 10.0. The number of rotatable bonds is 4. The Morgan fingerprint density at radius 3 is 2.65 bits per heavy atom. The van der Waals surface area contributed by atoms with Crippen LogP contribution in [0, 0.1) is 18.7 Å². The summed E-state index contributed by atoms with van der Waals surface area (Å²) in [6, 6.07) is 10.1. The van der Waals surface area contributed by atoms with Gasteiger partial charge in [-0.1, -0.05) is 19.1 Å². The van der Waals surface area contributed by atoms with Crippen LogP contribution in [0.2, 0.25) is 0 Å². The van der Waals surface area contributed by atoms with Crippen molar-refractivity contribution in [2.45, 2.75) is 26.8 Å². The average molecular weight is 354 g/mol. The van der Waals surface area contributed by atoms with Crippen LogP contribution in [0.25, 0.3) is 22.4 Å². The number of carbonyl (C=O) groups is 1. The molecule has 0 radical (unpaired) electrons. The van der Waals surface area contributed by atoms with Crippen molar-refractivity contribution in [3.8, 4) is 11.4 Å². The molecule has 3 aromatic rings. The number of anilines is 1. The molecule has 0 saturated carbocycles. The van der Waals surface area contributed by atoms with E-state index >= 15 is 0 Å². The van der Waals surface area contributed by atoms with Gasteiger partial charge in [0.05, 0.1) is 17.0 Å². The van der Waals surface area contributed by atoms with Gasteiger partial charge in [-0.2, -0.15) is 0 Å². The van der Waals surface area contributed by atoms with Crippen molar-refractivity contribution in [3.05, 3.63) is 47.8 Å². The summed E-state index contributed by atoms with van der Waals surface area (Å²) < 4.78 is 15.4. The number of nitrogens with one attached hydrogen (secondary N) is 1. The van der Waals surface area contributed by atoms with Crippen LogP contribution in [0.1, 0.15) is 19.4 Å². The first kappa shape index (κ1) is 18.1. The predicted octanol–water partition coefficient (Wildman–Crippen LogP) is 3.61. The maximum atomic E-state index is 13.5. The van der Waals surface area contributed by atoms with Gasteiger partial charge >= 0.3 is 0 Å². The van der Waals surface area contributed by atoms with Gasteiger partial charge in [0.1, 0.15) is 11.6 Å². The van der Waals surface area contributed by atoms with Gasteiger partial charge in [0.2, 0.25) is 5.91 Å². The van der Waals surface area contributed by atoms with Crippen molar-refractivity contribution in [1.82, 2.24) is 9.55 Å². The van der Waals surface area contributed by atoms with E-state index in [4.69, 9.17) is 5.73 Å². The van der Waals surface area contributed by atoms with Crippen molar-refractivity contribution < 1.29 is 9.18 Å². The monoisotopic (exact) mass is 354 g/mol. The van der Waals surface area contributed by atoms with E-state index in [0.717, 1.165) is 22.3 Å². The van der Waals surface area contributed by atoms with E-state index < -0.39 is 0 Å². The number of benzene rings is 2. The molecule has 1 aromatic heterocycles. The highest BCUT2D eigenvalue weighted by atomic mass is 19.1. The van der Waals surface area contributed by atoms with Crippen LogP contribution < -0.4 is 11.1 Å². The first-order valence-corrected chi connectivity index (χ1v) is 8.57. The second-order valence-corrected chi connectivity index (χ2v) is 6.79. The van der Waals surface area contributed by atoms with Crippen LogP contribution in [0.3, 0.4) is 0 Å². The fourth-order valence-corrected chi connectivity index (χ4v) is 2.81. The number of hydrogen-bond donors (Lipinski definition) is 2. The zero-order valence-electron chi connectivity index (χ0n) is 15.4. The minimum absolute atomic E-state index is 0.118. The summed E-state index contributed by atoms with van der Waals surface area (Å²) in [6.45, 7) is 5.55. The number of amides is 1. The van der Waals surface area contributed by atoms with Crippen LogP contribution in [0.15, 0.2) is 36.4 Å². The van der Waals surface area contributed by atoms with Gasteiger partial charge in [0.15, 0.2) is 0 Å². The first-order valence-electron chi connectivity index (χ1n) is 8.57. The van der Waals surface area contributed by atoms with Crippen LogP contribution >= 0.6 is 0 Å². The number of nitrogens with two attached hydrogens (primary N) is 1. The van der Waals surface area contributed by atoms with Crippen molar-refractivity contribution in [3.63, 3.8) is 0 Å². The van der Waals surface area contributed by atoms with Gasteiger partial charge < -0.3 is 15.6 Å². The van der Waals surface area contributed by atoms with E-state index in [1.54, 1.807) is 13.0 Å². The molecule has 2 aromatic carbocycles. The fourth-order valence-electron chi connectivity index (χ4n) is 2.81. The zero-order valence-corrected chi connectivity index (χ0v) is 15.4. The van der Waals surface area contributed by atoms with Crippen LogP contribution in [-0.2, 0) is 11.8 Å². The first-order chi connectivity index (χ1) is 12.3. The third kappa shape index (κ3) is 3.32. The molecule has 5 nitrogen and oxygen atoms in total. The summed E-state index contributed by atoms with van der Waals surface area (Å²) in [6.07, 6.45) is 0. The largest absolute Gasteiger partial charge is 0.327 e. The molecule has 2 unspecified atom stereocenters. The van der Waals surface area contributed by atoms with Crippen LogP contribution in [0.5, 0.6) is 0 Å². The predicted molar refractivity (Wildman–Crippen MR) is 102 cm³/mol. The lowest BCUT2D eigenvalue weighted by Gasteiger charge is -2.17. The minimum Gasteiger partial charge on any atom is -0.327 e. The molecule has 0 bridgehead atoms. The van der Waals surface area contributed by atoms with Crippen molar-refractivity contribution >= 4 is 22.6 Å². The van der Waals surface area contributed by atoms with Gasteiger partial charge in [-0.3, -0.25) is 4.79 Å². The summed E-state index contributed by atoms with van der Waals surface area (Å²) in [5.74, 6) is -0.0191. The third-order valence-corrected chi connectivity index (χ3v) is 4.80. The van der Waals surface area contributed by atoms with Gasteiger partial charge in [-0.25, -0.2) is 9.37 Å². The Morgan fingerprint density at radius 1 is 1.23 bits per heavy atom. The molecule has 1 heterocycles. The van der Waals surface area contributed by atoms with Crippen molar-refractivity contribution in [2.24, 2.45) is 18.7 Å². The highest BCUT2D eigenvalue weighted by Crippen LogP contribution is 2.28. The summed E-state index contributed by atoms with van der Waals surface area (Å²) in [5.41, 5.74) is 9.78. The topological polar surface area (TPSA) is 72.9 Å². The maximum Gasteiger partial charge on any atom is 0.228 e. The normalized spacial score (nSPS) is 13.6. The number of carbonyl (C=O) groups excluding carboxylic acids is 1. The molecule has 3 rings (SSSR count). The summed E-state index contributed by atoms with van der Waals surface area (Å²) in [5, 5.41) is 2.95. The Hall–Kier alpha value is -2.73. The number of nitrogens with zero attached hydrogens (tertiary/aromatic N) is 2. The van der Waals surface area contributed by atoms with Gasteiger partial charge in [0.25, 0.3) is 0 Å². The molecular weight excluding hydrogens is 331 g/mol. The van der Waals surface area contributed by atoms with Crippen molar-refractivity contribution in [1.29, 1.82) is 0 Å². The van der Waals surface area contributed by atoms with Gasteiger partial charge in [-0.05, 0) is 37.6 Å². The molecule has 0 aliphatic heterocycles. The summed E-state index contributed by atoms with van der Waals surface area (Å²) in [7, 11) is 1.89. The average Bonchev–Trinajstić information content (AvgIpc) is 2.92. The highest BCUT2D eigenvalue weighted by Gasteiger charge is 2.18. The number of imidazole rings is 1. The standard InChI is InChI=1S/C20H23FN4O/c1-11-5-6-14(9-16(11)24-20(26)12(2)13(3)22)19-23-17-10-15(21)7-8-18(17)25(19)4/h5-10,12-13H,22H2,1-4H3,(H,24,26). The maximum absolute atomic E-state index is 13.5. The number of fused-ring (bicyclic) bond motifs is 1. The Kier molecular flexibility index (Phi) is 4.78. The fraction of sp³-hybridized carbons (Fsp3) is 0.300. The van der Waals surface area contributed by atoms with Crippen LogP contribution in [0.4, 0.5) is 10.1 Å². The number of hydrogen-bond acceptors (Lipinski definition) is 3. The van der Waals surface area contributed by atoms with E-state index in [1.165, 1.54) is 12.1 Å². The number of aromatic nitrogens is 2. The highest BCUT2D eigenvalue weighted by molar-refractivity contribution is 5.94. The molecule has 0 fully saturated rings. The van der Waals surface area contributed by atoms with E-state index in [2.05, 4.69) is 10.3 Å². The van der Waals surface area contributed by atoms with E-state index in [-0.39, 0.29) is 23.7 Å². The quantitative estimate of drug-likeness (QED) is 0.752. The molecule has 2 atom stereocenters. The van der Waals surface area contributed by atoms with E-state index in [9.17, 15) is 9.18 Å². The molecule has 6 heteroatoms. The molecular formula is C20H23FN4O. The zero-order chi connectivity index (χ0) is 19.0. The molecule has 0 aliphatic rings. The minimum atomic E-state index is -0.316. The SMILES string of the molecule is Cc1ccc(-c2nc3cc(F)ccc3n2C)cc1NC(=O)C(C)C(C)N. The molecule has 0 spiro atoms.